The van der Waals surface area contributed by atoms with Crippen LogP contribution >= 0.6 is 0 Å². The summed E-state index contributed by atoms with van der Waals surface area (Å²) in [5, 5.41) is 0. The van der Waals surface area contributed by atoms with Crippen LogP contribution in [0.1, 0.15) is 51.5 Å². The minimum Gasteiger partial charge on any atom is -0.446 e. The molecule has 0 N–H and O–H groups in total. The molecule has 3 heterocycles. The molecule has 7 heteroatoms. The van der Waals surface area contributed by atoms with Crippen LogP contribution in [0.5, 0.6) is 0 Å². The zero-order valence-corrected chi connectivity index (χ0v) is 20.5. The fraction of sp³-hybridized carbons (Fsp3) is 0.556. The zero-order valence-electron chi connectivity index (χ0n) is 20.5. The summed E-state index contributed by atoms with van der Waals surface area (Å²) < 4.78 is 7.79. The number of carbonyl (C=O) groups is 2. The highest BCUT2D eigenvalue weighted by Crippen LogP contribution is 2.42. The van der Waals surface area contributed by atoms with Gasteiger partial charge in [-0.05, 0) is 82.3 Å². The number of hydrogen-bond acceptors (Lipinski definition) is 4. The van der Waals surface area contributed by atoms with E-state index in [4.69, 9.17) is 4.74 Å². The van der Waals surface area contributed by atoms with E-state index in [0.29, 0.717) is 12.5 Å². The molecule has 0 radical (unpaired) electrons. The van der Waals surface area contributed by atoms with E-state index in [1.165, 1.54) is 5.56 Å². The Morgan fingerprint density at radius 2 is 1.79 bits per heavy atom. The number of fused-ring (bicyclic) bond motifs is 1. The quantitative estimate of drug-likeness (QED) is 0.633. The van der Waals surface area contributed by atoms with Crippen LogP contribution in [0.4, 0.5) is 16.2 Å². The van der Waals surface area contributed by atoms with Crippen LogP contribution in [0.2, 0.25) is 0 Å². The first-order valence-corrected chi connectivity index (χ1v) is 12.7. The SMILES string of the molecule is CC(C)OC(=O)N1C[C@H](C)N(C(=O)C2CC2)c2ccc(C3CCN(CCn4cccc4)C3)cc21. The first-order chi connectivity index (χ1) is 16.4. The van der Waals surface area contributed by atoms with Gasteiger partial charge in [0.2, 0.25) is 5.91 Å². The molecule has 0 spiro atoms. The molecule has 1 aromatic carbocycles. The fourth-order valence-electron chi connectivity index (χ4n) is 5.28. The highest BCUT2D eigenvalue weighted by Gasteiger charge is 2.41. The number of nitrogens with zero attached hydrogens (tertiary/aromatic N) is 4. The monoisotopic (exact) mass is 464 g/mol. The van der Waals surface area contributed by atoms with Crippen molar-refractivity contribution in [2.45, 2.75) is 64.6 Å². The minimum absolute atomic E-state index is 0.0816. The van der Waals surface area contributed by atoms with Gasteiger partial charge in [0.25, 0.3) is 0 Å². The predicted octanol–water partition coefficient (Wildman–Crippen LogP) is 4.47. The lowest BCUT2D eigenvalue weighted by Crippen LogP contribution is -2.52. The average molecular weight is 465 g/mol. The van der Waals surface area contributed by atoms with E-state index in [0.717, 1.165) is 56.8 Å². The van der Waals surface area contributed by atoms with Crippen molar-refractivity contribution in [2.75, 3.05) is 36.0 Å². The van der Waals surface area contributed by atoms with Crippen molar-refractivity contribution >= 4 is 23.4 Å². The lowest BCUT2D eigenvalue weighted by Gasteiger charge is -2.41. The summed E-state index contributed by atoms with van der Waals surface area (Å²) in [5.74, 6) is 0.744. The molecule has 0 bridgehead atoms. The topological polar surface area (TPSA) is 58.0 Å². The fourth-order valence-corrected chi connectivity index (χ4v) is 5.28. The molecule has 2 aromatic rings. The number of ether oxygens (including phenoxy) is 1. The van der Waals surface area contributed by atoms with Gasteiger partial charge in [-0.15, -0.1) is 0 Å². The highest BCUT2D eigenvalue weighted by molar-refractivity contribution is 6.04. The number of hydrogen-bond donors (Lipinski definition) is 0. The van der Waals surface area contributed by atoms with Gasteiger partial charge in [0.15, 0.2) is 0 Å². The lowest BCUT2D eigenvalue weighted by molar-refractivity contribution is -0.120. The summed E-state index contributed by atoms with van der Waals surface area (Å²) in [6, 6.07) is 10.4. The molecular formula is C27H36N4O3. The van der Waals surface area contributed by atoms with E-state index in [1.807, 2.05) is 25.7 Å². The smallest absolute Gasteiger partial charge is 0.414 e. The molecule has 182 valence electrons. The number of benzene rings is 1. The molecule has 3 aliphatic rings. The van der Waals surface area contributed by atoms with Gasteiger partial charge in [-0.3, -0.25) is 9.69 Å². The number of rotatable bonds is 6. The van der Waals surface area contributed by atoms with Crippen molar-refractivity contribution < 1.29 is 14.3 Å². The Morgan fingerprint density at radius 3 is 2.50 bits per heavy atom. The lowest BCUT2D eigenvalue weighted by atomic mass is 9.95. The van der Waals surface area contributed by atoms with Crippen LogP contribution in [-0.2, 0) is 16.1 Å². The van der Waals surface area contributed by atoms with Gasteiger partial charge in [-0.25, -0.2) is 4.79 Å². The average Bonchev–Trinajstić information content (AvgIpc) is 3.32. The predicted molar refractivity (Wildman–Crippen MR) is 133 cm³/mol. The molecule has 2 amide bonds. The van der Waals surface area contributed by atoms with Gasteiger partial charge in [-0.1, -0.05) is 6.07 Å². The van der Waals surface area contributed by atoms with Crippen LogP contribution in [0, 0.1) is 5.92 Å². The zero-order chi connectivity index (χ0) is 23.8. The Bertz CT molecular complexity index is 1030. The third-order valence-electron chi connectivity index (χ3n) is 7.24. The van der Waals surface area contributed by atoms with Gasteiger partial charge in [0.05, 0.1) is 23.5 Å². The van der Waals surface area contributed by atoms with Crippen molar-refractivity contribution in [1.82, 2.24) is 9.47 Å². The third-order valence-corrected chi connectivity index (χ3v) is 7.24. The van der Waals surface area contributed by atoms with Gasteiger partial charge in [0.1, 0.15) is 0 Å². The van der Waals surface area contributed by atoms with Crippen molar-refractivity contribution in [2.24, 2.45) is 5.92 Å². The summed E-state index contributed by atoms with van der Waals surface area (Å²) in [6.07, 6.45) is 6.73. The van der Waals surface area contributed by atoms with Crippen molar-refractivity contribution in [3.63, 3.8) is 0 Å². The number of likely N-dealkylation sites (tertiary alicyclic amines) is 1. The van der Waals surface area contributed by atoms with E-state index in [1.54, 1.807) is 4.90 Å². The molecule has 1 saturated heterocycles. The molecule has 2 fully saturated rings. The second-order valence-electron chi connectivity index (χ2n) is 10.3. The molecule has 7 nitrogen and oxygen atoms in total. The minimum atomic E-state index is -0.335. The number of aromatic nitrogens is 1. The molecule has 1 saturated carbocycles. The normalized spacial score (nSPS) is 22.8. The Balaban J connectivity index is 1.38. The number of carbonyl (C=O) groups excluding carboxylic acids is 2. The summed E-state index contributed by atoms with van der Waals surface area (Å²) in [4.78, 5) is 32.3. The first-order valence-electron chi connectivity index (χ1n) is 12.7. The van der Waals surface area contributed by atoms with Crippen LogP contribution in [0.3, 0.4) is 0 Å². The molecule has 1 aliphatic carbocycles. The summed E-state index contributed by atoms with van der Waals surface area (Å²) in [5.41, 5.74) is 2.88. The van der Waals surface area contributed by atoms with Gasteiger partial charge < -0.3 is 19.1 Å². The Hall–Kier alpha value is -2.80. The van der Waals surface area contributed by atoms with E-state index in [9.17, 15) is 9.59 Å². The van der Waals surface area contributed by atoms with E-state index >= 15 is 0 Å². The standard InChI is InChI=1S/C27H36N4O3/c1-19(2)34-27(33)30-17-20(3)31(26(32)21-6-7-21)24-9-8-22(16-25(24)30)23-10-13-29(18-23)15-14-28-11-4-5-12-28/h4-5,8-9,11-12,16,19-21,23H,6-7,10,13-15,17-18H2,1-3H3/t20-,23?/m0/s1. The Labute approximate surface area is 202 Å². The third kappa shape index (κ3) is 4.71. The van der Waals surface area contributed by atoms with E-state index in [2.05, 4.69) is 52.2 Å². The number of anilines is 2. The van der Waals surface area contributed by atoms with Crippen LogP contribution < -0.4 is 9.80 Å². The van der Waals surface area contributed by atoms with E-state index < -0.39 is 0 Å². The van der Waals surface area contributed by atoms with Crippen LogP contribution in [0.25, 0.3) is 0 Å². The first kappa shape index (κ1) is 23.0. The molecule has 2 atom stereocenters. The summed E-state index contributed by atoms with van der Waals surface area (Å²) >= 11 is 0. The molecule has 5 rings (SSSR count). The van der Waals surface area contributed by atoms with Crippen molar-refractivity contribution in [3.05, 3.63) is 48.3 Å². The largest absolute Gasteiger partial charge is 0.446 e. The van der Waals surface area contributed by atoms with Gasteiger partial charge in [0, 0.05) is 44.5 Å². The van der Waals surface area contributed by atoms with Gasteiger partial charge >= 0.3 is 6.09 Å². The second-order valence-corrected chi connectivity index (χ2v) is 10.3. The molecule has 1 aromatic heterocycles. The highest BCUT2D eigenvalue weighted by atomic mass is 16.6. The molecule has 34 heavy (non-hydrogen) atoms. The molecule has 2 aliphatic heterocycles. The summed E-state index contributed by atoms with van der Waals surface area (Å²) in [7, 11) is 0. The maximum Gasteiger partial charge on any atom is 0.414 e. The molecule has 1 unspecified atom stereocenters. The van der Waals surface area contributed by atoms with Crippen molar-refractivity contribution in [3.8, 4) is 0 Å². The molecular weight excluding hydrogens is 428 g/mol. The number of amides is 2. The van der Waals surface area contributed by atoms with Crippen LogP contribution in [0.15, 0.2) is 42.7 Å². The second kappa shape index (κ2) is 9.45. The van der Waals surface area contributed by atoms with Gasteiger partial charge in [-0.2, -0.15) is 0 Å². The van der Waals surface area contributed by atoms with E-state index in [-0.39, 0.29) is 30.1 Å². The Morgan fingerprint density at radius 1 is 1.03 bits per heavy atom. The Kier molecular flexibility index (Phi) is 6.38. The van der Waals surface area contributed by atoms with Crippen LogP contribution in [-0.4, -0.2) is 59.8 Å². The van der Waals surface area contributed by atoms with Crippen molar-refractivity contribution in [1.29, 1.82) is 0 Å². The summed E-state index contributed by atoms with van der Waals surface area (Å²) in [6.45, 7) is 10.3. The maximum absolute atomic E-state index is 13.1. The maximum atomic E-state index is 13.1.